The molecule has 0 aliphatic rings. The fourth-order valence-corrected chi connectivity index (χ4v) is 1.49. The minimum atomic E-state index is 0.274. The van der Waals surface area contributed by atoms with Crippen LogP contribution in [0.5, 0.6) is 0 Å². The van der Waals surface area contributed by atoms with Gasteiger partial charge in [0.15, 0.2) is 0 Å². The molecule has 2 heterocycles. The Labute approximate surface area is 98.8 Å². The van der Waals surface area contributed by atoms with E-state index >= 15 is 0 Å². The number of aromatic nitrogens is 4. The summed E-state index contributed by atoms with van der Waals surface area (Å²) in [5, 5.41) is 13.1. The molecule has 0 aromatic carbocycles. The Morgan fingerprint density at radius 2 is 2.29 bits per heavy atom. The van der Waals surface area contributed by atoms with Crippen molar-refractivity contribution in [1.82, 2.24) is 19.7 Å². The van der Waals surface area contributed by atoms with Crippen LogP contribution in [0.1, 0.15) is 5.56 Å². The Bertz CT molecular complexity index is 586. The minimum Gasteiger partial charge on any atom is -0.261 e. The third kappa shape index (κ3) is 2.30. The van der Waals surface area contributed by atoms with Gasteiger partial charge in [-0.1, -0.05) is 5.92 Å². The molecule has 0 saturated carbocycles. The van der Waals surface area contributed by atoms with Crippen molar-refractivity contribution >= 4 is 0 Å². The normalized spacial score (nSPS) is 9.53. The maximum Gasteiger partial charge on any atom is 0.117 e. The molecular weight excluding hydrogens is 214 g/mol. The summed E-state index contributed by atoms with van der Waals surface area (Å²) in [6, 6.07) is 2.10. The highest BCUT2D eigenvalue weighted by molar-refractivity contribution is 5.57. The van der Waals surface area contributed by atoms with E-state index in [1.165, 1.54) is 0 Å². The van der Waals surface area contributed by atoms with Gasteiger partial charge in [0.1, 0.15) is 17.9 Å². The van der Waals surface area contributed by atoms with E-state index in [1.807, 2.05) is 0 Å². The van der Waals surface area contributed by atoms with Crippen LogP contribution in [0, 0.1) is 23.7 Å². The summed E-state index contributed by atoms with van der Waals surface area (Å²) in [4.78, 5) is 8.15. The maximum absolute atomic E-state index is 8.77. The van der Waals surface area contributed by atoms with Crippen LogP contribution >= 0.6 is 0 Å². The van der Waals surface area contributed by atoms with E-state index in [2.05, 4.69) is 27.1 Å². The molecule has 0 amide bonds. The Morgan fingerprint density at radius 3 is 2.94 bits per heavy atom. The van der Waals surface area contributed by atoms with Crippen molar-refractivity contribution in [2.75, 3.05) is 0 Å². The highest BCUT2D eigenvalue weighted by Gasteiger charge is 2.11. The Morgan fingerprint density at radius 1 is 1.41 bits per heavy atom. The van der Waals surface area contributed by atoms with Gasteiger partial charge in [-0.3, -0.25) is 14.6 Å². The smallest absolute Gasteiger partial charge is 0.117 e. The first-order valence-electron chi connectivity index (χ1n) is 4.98. The van der Waals surface area contributed by atoms with E-state index in [0.29, 0.717) is 17.9 Å². The summed E-state index contributed by atoms with van der Waals surface area (Å²) in [6.45, 7) is 0.374. The van der Waals surface area contributed by atoms with Crippen LogP contribution in [-0.2, 0) is 13.0 Å². The van der Waals surface area contributed by atoms with Gasteiger partial charge in [0.2, 0.25) is 0 Å². The van der Waals surface area contributed by atoms with Gasteiger partial charge in [-0.2, -0.15) is 10.4 Å². The quantitative estimate of drug-likeness (QED) is 0.729. The largest absolute Gasteiger partial charge is 0.261 e. The molecular formula is C12H9N5. The monoisotopic (exact) mass is 223 g/mol. The van der Waals surface area contributed by atoms with Gasteiger partial charge in [0.05, 0.1) is 18.7 Å². The first-order chi connectivity index (χ1) is 8.35. The summed E-state index contributed by atoms with van der Waals surface area (Å²) >= 11 is 0. The molecule has 0 spiro atoms. The first kappa shape index (κ1) is 10.8. The SMILES string of the molecule is C#CCn1cc(CC#N)c(-c2cnccn2)n1. The number of hydrogen-bond acceptors (Lipinski definition) is 4. The van der Waals surface area contributed by atoms with Crippen molar-refractivity contribution in [2.45, 2.75) is 13.0 Å². The van der Waals surface area contributed by atoms with Crippen molar-refractivity contribution in [3.05, 3.63) is 30.4 Å². The van der Waals surface area contributed by atoms with E-state index in [4.69, 9.17) is 11.7 Å². The predicted octanol–water partition coefficient (Wildman–Crippen LogP) is 1.04. The molecule has 0 fully saturated rings. The molecule has 0 bridgehead atoms. The van der Waals surface area contributed by atoms with Gasteiger partial charge in [-0.15, -0.1) is 6.42 Å². The number of nitrogens with zero attached hydrogens (tertiary/aromatic N) is 5. The topological polar surface area (TPSA) is 67.4 Å². The molecule has 5 nitrogen and oxygen atoms in total. The van der Waals surface area contributed by atoms with Gasteiger partial charge >= 0.3 is 0 Å². The minimum absolute atomic E-state index is 0.274. The number of nitriles is 1. The van der Waals surface area contributed by atoms with Crippen LogP contribution in [0.4, 0.5) is 0 Å². The fourth-order valence-electron chi connectivity index (χ4n) is 1.49. The molecule has 17 heavy (non-hydrogen) atoms. The Hall–Kier alpha value is -2.66. The lowest BCUT2D eigenvalue weighted by atomic mass is 10.1. The molecule has 2 aromatic rings. The van der Waals surface area contributed by atoms with Crippen LogP contribution in [-0.4, -0.2) is 19.7 Å². The standard InChI is InChI=1S/C12H9N5/c1-2-7-17-9-10(3-4-13)12(16-17)11-8-14-5-6-15-11/h1,5-6,8-9H,3,7H2. The predicted molar refractivity (Wildman–Crippen MR) is 61.4 cm³/mol. The second-order valence-corrected chi connectivity index (χ2v) is 3.33. The van der Waals surface area contributed by atoms with Crippen molar-refractivity contribution in [2.24, 2.45) is 0 Å². The van der Waals surface area contributed by atoms with Gasteiger partial charge in [0, 0.05) is 24.2 Å². The van der Waals surface area contributed by atoms with Crippen molar-refractivity contribution in [3.63, 3.8) is 0 Å². The van der Waals surface area contributed by atoms with E-state index in [1.54, 1.807) is 29.5 Å². The molecule has 0 N–H and O–H groups in total. The van der Waals surface area contributed by atoms with E-state index < -0.39 is 0 Å². The zero-order chi connectivity index (χ0) is 12.1. The number of hydrogen-bond donors (Lipinski definition) is 0. The van der Waals surface area contributed by atoms with E-state index in [0.717, 1.165) is 5.56 Å². The zero-order valence-corrected chi connectivity index (χ0v) is 9.04. The van der Waals surface area contributed by atoms with Crippen molar-refractivity contribution < 1.29 is 0 Å². The van der Waals surface area contributed by atoms with Gasteiger partial charge in [0.25, 0.3) is 0 Å². The highest BCUT2D eigenvalue weighted by atomic mass is 15.3. The molecule has 0 aliphatic carbocycles. The van der Waals surface area contributed by atoms with Crippen LogP contribution in [0.15, 0.2) is 24.8 Å². The van der Waals surface area contributed by atoms with Crippen LogP contribution < -0.4 is 0 Å². The molecule has 0 radical (unpaired) electrons. The molecule has 82 valence electrons. The number of rotatable bonds is 3. The summed E-state index contributed by atoms with van der Waals surface area (Å²) < 4.78 is 1.62. The third-order valence-electron chi connectivity index (χ3n) is 2.17. The third-order valence-corrected chi connectivity index (χ3v) is 2.17. The second kappa shape index (κ2) is 4.91. The van der Waals surface area contributed by atoms with Crippen LogP contribution in [0.3, 0.4) is 0 Å². The summed E-state index contributed by atoms with van der Waals surface area (Å²) in [7, 11) is 0. The van der Waals surface area contributed by atoms with Crippen molar-refractivity contribution in [1.29, 1.82) is 5.26 Å². The van der Waals surface area contributed by atoms with Gasteiger partial charge in [-0.25, -0.2) is 0 Å². The lowest BCUT2D eigenvalue weighted by Crippen LogP contribution is -1.96. The van der Waals surface area contributed by atoms with E-state index in [9.17, 15) is 0 Å². The number of terminal acetylenes is 1. The highest BCUT2D eigenvalue weighted by Crippen LogP contribution is 2.19. The molecule has 2 aromatic heterocycles. The summed E-state index contributed by atoms with van der Waals surface area (Å²) in [5.74, 6) is 2.50. The zero-order valence-electron chi connectivity index (χ0n) is 9.04. The Balaban J connectivity index is 2.46. The average molecular weight is 223 g/mol. The summed E-state index contributed by atoms with van der Waals surface area (Å²) in [5.41, 5.74) is 2.12. The van der Waals surface area contributed by atoms with Crippen LogP contribution in [0.2, 0.25) is 0 Å². The van der Waals surface area contributed by atoms with E-state index in [-0.39, 0.29) is 6.42 Å². The molecule has 2 rings (SSSR count). The van der Waals surface area contributed by atoms with Gasteiger partial charge in [-0.05, 0) is 0 Å². The lowest BCUT2D eigenvalue weighted by Gasteiger charge is -1.96. The second-order valence-electron chi connectivity index (χ2n) is 3.33. The van der Waals surface area contributed by atoms with Crippen molar-refractivity contribution in [3.8, 4) is 29.8 Å². The first-order valence-corrected chi connectivity index (χ1v) is 4.98. The Kier molecular flexibility index (Phi) is 3.13. The lowest BCUT2D eigenvalue weighted by molar-refractivity contribution is 0.717. The molecule has 0 aliphatic heterocycles. The molecule has 0 unspecified atom stereocenters. The van der Waals surface area contributed by atoms with Gasteiger partial charge < -0.3 is 0 Å². The maximum atomic E-state index is 8.77. The fraction of sp³-hybridized carbons (Fsp3) is 0.167. The van der Waals surface area contributed by atoms with Crippen LogP contribution in [0.25, 0.3) is 11.4 Å². The molecule has 5 heteroatoms. The summed E-state index contributed by atoms with van der Waals surface area (Å²) in [6.07, 6.45) is 12.1. The molecule has 0 atom stereocenters. The molecule has 0 saturated heterocycles. The average Bonchev–Trinajstić information content (AvgIpc) is 2.74.